The molecule has 3 N–H and O–H groups in total. The number of ether oxygens (including phenoxy) is 1. The first-order valence-corrected chi connectivity index (χ1v) is 4.31. The molecule has 0 amide bonds. The zero-order valence-corrected chi connectivity index (χ0v) is 8.16. The van der Waals surface area contributed by atoms with Crippen molar-refractivity contribution in [2.24, 2.45) is 0 Å². The number of H-pyrrole nitrogens is 1. The number of anilines is 1. The molecule has 0 bridgehead atoms. The van der Waals surface area contributed by atoms with E-state index in [4.69, 9.17) is 10.5 Å². The molecule has 2 heterocycles. The van der Waals surface area contributed by atoms with E-state index in [0.29, 0.717) is 18.1 Å². The molecule has 0 radical (unpaired) electrons. The SMILES string of the molecule is COCc1cc(C)nc2n[nH]c(N)c12. The van der Waals surface area contributed by atoms with Gasteiger partial charge in [0.25, 0.3) is 0 Å². The van der Waals surface area contributed by atoms with Gasteiger partial charge in [-0.15, -0.1) is 0 Å². The predicted octanol–water partition coefficient (Wildman–Crippen LogP) is 0.995. The topological polar surface area (TPSA) is 76.8 Å². The van der Waals surface area contributed by atoms with Gasteiger partial charge in [-0.1, -0.05) is 0 Å². The van der Waals surface area contributed by atoms with E-state index in [1.54, 1.807) is 7.11 Å². The molecule has 0 aliphatic heterocycles. The van der Waals surface area contributed by atoms with Gasteiger partial charge in [0.2, 0.25) is 0 Å². The van der Waals surface area contributed by atoms with Gasteiger partial charge in [0, 0.05) is 12.8 Å². The summed E-state index contributed by atoms with van der Waals surface area (Å²) in [6, 6.07) is 1.96. The molecule has 0 aliphatic carbocycles. The third kappa shape index (κ3) is 1.31. The number of nitrogen functional groups attached to an aromatic ring is 1. The second kappa shape index (κ2) is 3.26. The van der Waals surface area contributed by atoms with E-state index in [9.17, 15) is 0 Å². The Morgan fingerprint density at radius 3 is 3.07 bits per heavy atom. The van der Waals surface area contributed by atoms with Crippen molar-refractivity contribution < 1.29 is 4.74 Å². The third-order valence-electron chi connectivity index (χ3n) is 2.06. The highest BCUT2D eigenvalue weighted by atomic mass is 16.5. The lowest BCUT2D eigenvalue weighted by molar-refractivity contribution is 0.186. The van der Waals surface area contributed by atoms with Crippen molar-refractivity contribution in [2.75, 3.05) is 12.8 Å². The second-order valence-corrected chi connectivity index (χ2v) is 3.19. The van der Waals surface area contributed by atoms with Gasteiger partial charge in [-0.25, -0.2) is 4.98 Å². The molecule has 2 aromatic heterocycles. The summed E-state index contributed by atoms with van der Waals surface area (Å²) in [4.78, 5) is 4.26. The summed E-state index contributed by atoms with van der Waals surface area (Å²) < 4.78 is 5.09. The van der Waals surface area contributed by atoms with Gasteiger partial charge in [0.15, 0.2) is 5.65 Å². The fourth-order valence-corrected chi connectivity index (χ4v) is 1.54. The number of aromatic amines is 1. The van der Waals surface area contributed by atoms with Crippen molar-refractivity contribution in [3.63, 3.8) is 0 Å². The molecule has 2 rings (SSSR count). The van der Waals surface area contributed by atoms with Crippen LogP contribution in [-0.2, 0) is 11.3 Å². The van der Waals surface area contributed by atoms with Crippen molar-refractivity contribution in [3.8, 4) is 0 Å². The standard InChI is InChI=1S/C9H12N4O/c1-5-3-6(4-14-2)7-8(10)12-13-9(7)11-5/h3H,4H2,1-2H3,(H3,10,11,12,13). The van der Waals surface area contributed by atoms with Crippen LogP contribution in [0.2, 0.25) is 0 Å². The average molecular weight is 192 g/mol. The molecule has 0 atom stereocenters. The van der Waals surface area contributed by atoms with Crippen LogP contribution in [0.4, 0.5) is 5.82 Å². The average Bonchev–Trinajstić information content (AvgIpc) is 2.48. The summed E-state index contributed by atoms with van der Waals surface area (Å²) in [7, 11) is 1.65. The molecule has 14 heavy (non-hydrogen) atoms. The highest BCUT2D eigenvalue weighted by molar-refractivity contribution is 5.89. The zero-order chi connectivity index (χ0) is 10.1. The fraction of sp³-hybridized carbons (Fsp3) is 0.333. The number of aromatic nitrogens is 3. The van der Waals surface area contributed by atoms with Crippen LogP contribution in [0, 0.1) is 6.92 Å². The molecular weight excluding hydrogens is 180 g/mol. The van der Waals surface area contributed by atoms with Gasteiger partial charge in [0.1, 0.15) is 5.82 Å². The zero-order valence-electron chi connectivity index (χ0n) is 8.16. The van der Waals surface area contributed by atoms with Crippen LogP contribution in [0.1, 0.15) is 11.3 Å². The summed E-state index contributed by atoms with van der Waals surface area (Å²) in [6.45, 7) is 2.44. The summed E-state index contributed by atoms with van der Waals surface area (Å²) >= 11 is 0. The van der Waals surface area contributed by atoms with E-state index in [1.807, 2.05) is 13.0 Å². The Hall–Kier alpha value is -1.62. The Labute approximate surface area is 81.3 Å². The Morgan fingerprint density at radius 1 is 1.57 bits per heavy atom. The Balaban J connectivity index is 2.70. The van der Waals surface area contributed by atoms with E-state index in [0.717, 1.165) is 16.6 Å². The molecule has 0 aromatic carbocycles. The fourth-order valence-electron chi connectivity index (χ4n) is 1.54. The molecule has 0 aliphatic rings. The van der Waals surface area contributed by atoms with Gasteiger partial charge >= 0.3 is 0 Å². The van der Waals surface area contributed by atoms with Gasteiger partial charge < -0.3 is 10.5 Å². The number of aryl methyl sites for hydroxylation is 1. The maximum absolute atomic E-state index is 5.74. The Kier molecular flexibility index (Phi) is 2.09. The lowest BCUT2D eigenvalue weighted by Gasteiger charge is -2.02. The van der Waals surface area contributed by atoms with Gasteiger partial charge in [-0.05, 0) is 18.6 Å². The Morgan fingerprint density at radius 2 is 2.36 bits per heavy atom. The van der Waals surface area contributed by atoms with Gasteiger partial charge in [-0.2, -0.15) is 5.10 Å². The molecule has 0 unspecified atom stereocenters. The van der Waals surface area contributed by atoms with Crippen LogP contribution in [0.5, 0.6) is 0 Å². The van der Waals surface area contributed by atoms with Crippen LogP contribution in [0.25, 0.3) is 11.0 Å². The lowest BCUT2D eigenvalue weighted by Crippen LogP contribution is -1.94. The molecule has 5 heteroatoms. The first-order chi connectivity index (χ1) is 6.72. The number of fused-ring (bicyclic) bond motifs is 1. The van der Waals surface area contributed by atoms with Crippen LogP contribution in [0.3, 0.4) is 0 Å². The van der Waals surface area contributed by atoms with Gasteiger partial charge in [-0.3, -0.25) is 5.10 Å². The first kappa shape index (κ1) is 8.96. The smallest absolute Gasteiger partial charge is 0.183 e. The first-order valence-electron chi connectivity index (χ1n) is 4.31. The monoisotopic (exact) mass is 192 g/mol. The van der Waals surface area contributed by atoms with Crippen molar-refractivity contribution in [3.05, 3.63) is 17.3 Å². The summed E-state index contributed by atoms with van der Waals surface area (Å²) in [5.41, 5.74) is 8.32. The number of hydrogen-bond donors (Lipinski definition) is 2. The third-order valence-corrected chi connectivity index (χ3v) is 2.06. The number of hydrogen-bond acceptors (Lipinski definition) is 4. The number of methoxy groups -OCH3 is 1. The largest absolute Gasteiger partial charge is 0.384 e. The molecule has 0 saturated heterocycles. The number of rotatable bonds is 2. The maximum Gasteiger partial charge on any atom is 0.183 e. The Bertz CT molecular complexity index is 463. The lowest BCUT2D eigenvalue weighted by atomic mass is 10.1. The van der Waals surface area contributed by atoms with Crippen molar-refractivity contribution in [2.45, 2.75) is 13.5 Å². The van der Waals surface area contributed by atoms with E-state index in [2.05, 4.69) is 15.2 Å². The predicted molar refractivity (Wildman–Crippen MR) is 53.8 cm³/mol. The highest BCUT2D eigenvalue weighted by Crippen LogP contribution is 2.22. The minimum absolute atomic E-state index is 0.517. The van der Waals surface area contributed by atoms with E-state index >= 15 is 0 Å². The quantitative estimate of drug-likeness (QED) is 0.744. The van der Waals surface area contributed by atoms with Gasteiger partial charge in [0.05, 0.1) is 12.0 Å². The van der Waals surface area contributed by atoms with E-state index in [-0.39, 0.29) is 0 Å². The second-order valence-electron chi connectivity index (χ2n) is 3.19. The molecule has 2 aromatic rings. The molecule has 0 fully saturated rings. The van der Waals surface area contributed by atoms with Crippen molar-refractivity contribution >= 4 is 16.9 Å². The molecule has 0 saturated carbocycles. The molecular formula is C9H12N4O. The van der Waals surface area contributed by atoms with Crippen LogP contribution < -0.4 is 5.73 Å². The van der Waals surface area contributed by atoms with E-state index < -0.39 is 0 Å². The summed E-state index contributed by atoms with van der Waals surface area (Å²) in [5.74, 6) is 0.541. The van der Waals surface area contributed by atoms with Crippen LogP contribution in [-0.4, -0.2) is 22.3 Å². The highest BCUT2D eigenvalue weighted by Gasteiger charge is 2.09. The summed E-state index contributed by atoms with van der Waals surface area (Å²) in [6.07, 6.45) is 0. The van der Waals surface area contributed by atoms with Crippen LogP contribution in [0.15, 0.2) is 6.07 Å². The number of pyridine rings is 1. The number of nitrogens with one attached hydrogen (secondary N) is 1. The number of nitrogens with two attached hydrogens (primary N) is 1. The molecule has 74 valence electrons. The molecule has 0 spiro atoms. The van der Waals surface area contributed by atoms with Crippen molar-refractivity contribution in [1.29, 1.82) is 0 Å². The minimum atomic E-state index is 0.517. The minimum Gasteiger partial charge on any atom is -0.384 e. The van der Waals surface area contributed by atoms with Crippen molar-refractivity contribution in [1.82, 2.24) is 15.2 Å². The number of nitrogens with zero attached hydrogens (tertiary/aromatic N) is 2. The molecule has 5 nitrogen and oxygen atoms in total. The van der Waals surface area contributed by atoms with Crippen LogP contribution >= 0.6 is 0 Å². The maximum atomic E-state index is 5.74. The van der Waals surface area contributed by atoms with E-state index in [1.165, 1.54) is 0 Å². The normalized spacial score (nSPS) is 11.0. The summed E-state index contributed by atoms with van der Waals surface area (Å²) in [5, 5.41) is 7.58.